The predicted octanol–water partition coefficient (Wildman–Crippen LogP) is 3.03. The second-order valence-electron chi connectivity index (χ2n) is 4.19. The molecule has 4 heteroatoms. The molecule has 1 amide bonds. The monoisotopic (exact) mass is 261 g/mol. The Kier molecular flexibility index (Phi) is 3.67. The molecule has 0 spiro atoms. The van der Waals surface area contributed by atoms with E-state index in [1.807, 2.05) is 17.5 Å². The van der Waals surface area contributed by atoms with Gasteiger partial charge in [0.25, 0.3) is 5.91 Å². The Balaban J connectivity index is 2.18. The van der Waals surface area contributed by atoms with Gasteiger partial charge in [-0.3, -0.25) is 4.79 Å². The molecule has 3 nitrogen and oxygen atoms in total. The Morgan fingerprint density at radius 1 is 1.33 bits per heavy atom. The lowest BCUT2D eigenvalue weighted by atomic mass is 10.1. The summed E-state index contributed by atoms with van der Waals surface area (Å²) in [5.74, 6) is 0.0853. The molecule has 0 saturated heterocycles. The lowest BCUT2D eigenvalue weighted by molar-refractivity contribution is 0.0785. The summed E-state index contributed by atoms with van der Waals surface area (Å²) in [6.45, 7) is 2.34. The minimum Gasteiger partial charge on any atom is -0.508 e. The molecule has 1 aromatic heterocycles. The summed E-state index contributed by atoms with van der Waals surface area (Å²) in [4.78, 5) is 15.1. The first kappa shape index (κ1) is 12.6. The number of thiophene rings is 1. The molecule has 0 bridgehead atoms. The second-order valence-corrected chi connectivity index (χ2v) is 5.22. The van der Waals surface area contributed by atoms with Gasteiger partial charge in [-0.2, -0.15) is 0 Å². The van der Waals surface area contributed by atoms with Crippen LogP contribution in [-0.4, -0.2) is 23.0 Å². The maximum atomic E-state index is 12.3. The first-order valence-corrected chi connectivity index (χ1v) is 6.54. The van der Waals surface area contributed by atoms with Gasteiger partial charge in [0.1, 0.15) is 5.75 Å². The summed E-state index contributed by atoms with van der Waals surface area (Å²) < 4.78 is 0. The van der Waals surface area contributed by atoms with Crippen LogP contribution in [0.1, 0.15) is 20.8 Å². The number of benzene rings is 1. The second kappa shape index (κ2) is 5.23. The zero-order valence-electron chi connectivity index (χ0n) is 10.4. The highest BCUT2D eigenvalue weighted by Crippen LogP contribution is 2.21. The molecule has 0 aliphatic carbocycles. The van der Waals surface area contributed by atoms with Crippen LogP contribution in [0.2, 0.25) is 0 Å². The van der Waals surface area contributed by atoms with Crippen molar-refractivity contribution in [1.82, 2.24) is 4.90 Å². The molecule has 0 fully saturated rings. The van der Waals surface area contributed by atoms with Gasteiger partial charge in [-0.05, 0) is 30.5 Å². The number of carbonyl (C=O) groups excluding carboxylic acids is 1. The molecule has 0 aliphatic heterocycles. The summed E-state index contributed by atoms with van der Waals surface area (Å²) in [7, 11) is 1.77. The standard InChI is InChI=1S/C14H15NO2S/c1-10-12(6-3-7-13(10)16)14(17)15(2)9-11-5-4-8-18-11/h3-8,16H,9H2,1-2H3. The van der Waals surface area contributed by atoms with Crippen molar-refractivity contribution in [2.24, 2.45) is 0 Å². The molecule has 0 atom stereocenters. The summed E-state index contributed by atoms with van der Waals surface area (Å²) >= 11 is 1.63. The molecule has 1 N–H and O–H groups in total. The van der Waals surface area contributed by atoms with Crippen molar-refractivity contribution in [3.05, 3.63) is 51.7 Å². The van der Waals surface area contributed by atoms with Crippen LogP contribution in [0, 0.1) is 6.92 Å². The molecule has 94 valence electrons. The number of amides is 1. The SMILES string of the molecule is Cc1c(O)cccc1C(=O)N(C)Cc1cccs1. The third kappa shape index (κ3) is 2.54. The number of hydrogen-bond acceptors (Lipinski definition) is 3. The minimum absolute atomic E-state index is 0.0724. The van der Waals surface area contributed by atoms with Crippen molar-refractivity contribution in [3.63, 3.8) is 0 Å². The zero-order chi connectivity index (χ0) is 13.1. The molecule has 2 aromatic rings. The Labute approximate surface area is 110 Å². The van der Waals surface area contributed by atoms with Crippen LogP contribution in [0.15, 0.2) is 35.7 Å². The van der Waals surface area contributed by atoms with Crippen LogP contribution < -0.4 is 0 Å². The molecule has 0 unspecified atom stereocenters. The van der Waals surface area contributed by atoms with Gasteiger partial charge in [-0.1, -0.05) is 12.1 Å². The highest BCUT2D eigenvalue weighted by atomic mass is 32.1. The largest absolute Gasteiger partial charge is 0.508 e. The molecule has 0 aliphatic rings. The van der Waals surface area contributed by atoms with Crippen molar-refractivity contribution >= 4 is 17.2 Å². The Bertz CT molecular complexity index is 549. The first-order valence-electron chi connectivity index (χ1n) is 5.66. The molecule has 2 rings (SSSR count). The van der Waals surface area contributed by atoms with Gasteiger partial charge in [0.2, 0.25) is 0 Å². The fourth-order valence-electron chi connectivity index (χ4n) is 1.77. The Morgan fingerprint density at radius 3 is 2.78 bits per heavy atom. The molecule has 1 aromatic carbocycles. The first-order chi connectivity index (χ1) is 8.59. The summed E-state index contributed by atoms with van der Waals surface area (Å²) in [5.41, 5.74) is 1.18. The van der Waals surface area contributed by atoms with E-state index in [-0.39, 0.29) is 11.7 Å². The average Bonchev–Trinajstić information content (AvgIpc) is 2.84. The van der Waals surface area contributed by atoms with Gasteiger partial charge >= 0.3 is 0 Å². The lowest BCUT2D eigenvalue weighted by Gasteiger charge is -2.17. The number of carbonyl (C=O) groups is 1. The van der Waals surface area contributed by atoms with E-state index in [0.29, 0.717) is 17.7 Å². The Hall–Kier alpha value is -1.81. The van der Waals surface area contributed by atoms with E-state index in [1.54, 1.807) is 48.4 Å². The van der Waals surface area contributed by atoms with Crippen LogP contribution in [0.5, 0.6) is 5.75 Å². The number of rotatable bonds is 3. The number of phenolic OH excluding ortho intramolecular Hbond substituents is 1. The number of phenols is 1. The summed E-state index contributed by atoms with van der Waals surface area (Å²) in [5, 5.41) is 11.6. The minimum atomic E-state index is -0.0724. The van der Waals surface area contributed by atoms with Crippen molar-refractivity contribution in [1.29, 1.82) is 0 Å². The van der Waals surface area contributed by atoms with E-state index in [9.17, 15) is 9.90 Å². The Morgan fingerprint density at radius 2 is 2.11 bits per heavy atom. The van der Waals surface area contributed by atoms with E-state index >= 15 is 0 Å². The van der Waals surface area contributed by atoms with Crippen LogP contribution in [0.3, 0.4) is 0 Å². The number of nitrogens with zero attached hydrogens (tertiary/aromatic N) is 1. The fraction of sp³-hybridized carbons (Fsp3) is 0.214. The zero-order valence-corrected chi connectivity index (χ0v) is 11.2. The maximum Gasteiger partial charge on any atom is 0.254 e. The van der Waals surface area contributed by atoms with Crippen molar-refractivity contribution in [2.45, 2.75) is 13.5 Å². The highest BCUT2D eigenvalue weighted by molar-refractivity contribution is 7.09. The van der Waals surface area contributed by atoms with Crippen molar-refractivity contribution < 1.29 is 9.90 Å². The van der Waals surface area contributed by atoms with Gasteiger partial charge in [-0.25, -0.2) is 0 Å². The van der Waals surface area contributed by atoms with Gasteiger partial charge in [0.05, 0.1) is 6.54 Å². The van der Waals surface area contributed by atoms with E-state index in [1.165, 1.54) is 0 Å². The molecule has 18 heavy (non-hydrogen) atoms. The van der Waals surface area contributed by atoms with E-state index in [2.05, 4.69) is 0 Å². The fourth-order valence-corrected chi connectivity index (χ4v) is 2.53. The van der Waals surface area contributed by atoms with Crippen molar-refractivity contribution in [2.75, 3.05) is 7.05 Å². The van der Waals surface area contributed by atoms with Crippen LogP contribution in [0.4, 0.5) is 0 Å². The van der Waals surface area contributed by atoms with Gasteiger partial charge < -0.3 is 10.0 Å². The maximum absolute atomic E-state index is 12.3. The van der Waals surface area contributed by atoms with E-state index < -0.39 is 0 Å². The molecular weight excluding hydrogens is 246 g/mol. The summed E-state index contributed by atoms with van der Waals surface area (Å²) in [6.07, 6.45) is 0. The van der Waals surface area contributed by atoms with Crippen LogP contribution >= 0.6 is 11.3 Å². The average molecular weight is 261 g/mol. The van der Waals surface area contributed by atoms with Gasteiger partial charge in [-0.15, -0.1) is 11.3 Å². The number of aromatic hydroxyl groups is 1. The normalized spacial score (nSPS) is 10.3. The predicted molar refractivity (Wildman–Crippen MR) is 73.0 cm³/mol. The van der Waals surface area contributed by atoms with E-state index in [0.717, 1.165) is 4.88 Å². The lowest BCUT2D eigenvalue weighted by Crippen LogP contribution is -2.26. The molecule has 1 heterocycles. The number of hydrogen-bond donors (Lipinski definition) is 1. The quantitative estimate of drug-likeness (QED) is 0.922. The highest BCUT2D eigenvalue weighted by Gasteiger charge is 2.16. The van der Waals surface area contributed by atoms with Gasteiger partial charge in [0.15, 0.2) is 0 Å². The third-order valence-electron chi connectivity index (χ3n) is 2.86. The smallest absolute Gasteiger partial charge is 0.254 e. The topological polar surface area (TPSA) is 40.5 Å². The summed E-state index contributed by atoms with van der Waals surface area (Å²) in [6, 6.07) is 8.99. The van der Waals surface area contributed by atoms with E-state index in [4.69, 9.17) is 0 Å². The van der Waals surface area contributed by atoms with Crippen LogP contribution in [-0.2, 0) is 6.54 Å². The van der Waals surface area contributed by atoms with Gasteiger partial charge in [0, 0.05) is 23.1 Å². The van der Waals surface area contributed by atoms with Crippen molar-refractivity contribution in [3.8, 4) is 5.75 Å². The molecular formula is C14H15NO2S. The molecule has 0 saturated carbocycles. The van der Waals surface area contributed by atoms with Crippen LogP contribution in [0.25, 0.3) is 0 Å². The third-order valence-corrected chi connectivity index (χ3v) is 3.72. The molecule has 0 radical (unpaired) electrons.